The van der Waals surface area contributed by atoms with E-state index in [4.69, 9.17) is 4.42 Å². The van der Waals surface area contributed by atoms with E-state index in [1.165, 1.54) is 12.1 Å². The average Bonchev–Trinajstić information content (AvgIpc) is 3.18. The van der Waals surface area contributed by atoms with Crippen LogP contribution in [0.5, 0.6) is 0 Å². The number of hydrogen-bond donors (Lipinski definition) is 3. The van der Waals surface area contributed by atoms with Crippen LogP contribution in [0.3, 0.4) is 0 Å². The number of carbonyl (C=O) groups is 1. The van der Waals surface area contributed by atoms with Crippen LogP contribution in [0.25, 0.3) is 0 Å². The standard InChI is InChI=1S/C24H26FN3O4/c1-10-9-15(32-12(10)3)22(24(4,5)6)28-19-18(20(29)21(19)30)27-17-14(25)8-7-13-11(2)26-23(31)16(13)17/h7-9,11,22,27-28H,1-6H3,(H,26,31)/t11-,22-/m0/s1. The number of aryl methyl sites for hydroxylation is 2. The Morgan fingerprint density at radius 2 is 1.72 bits per heavy atom. The molecule has 0 saturated heterocycles. The van der Waals surface area contributed by atoms with E-state index in [-0.39, 0.29) is 34.1 Å². The Balaban J connectivity index is 1.74. The summed E-state index contributed by atoms with van der Waals surface area (Å²) in [5, 5.41) is 8.60. The Labute approximate surface area is 184 Å². The van der Waals surface area contributed by atoms with E-state index >= 15 is 0 Å². The molecule has 168 valence electrons. The number of hydrogen-bond acceptors (Lipinski definition) is 6. The summed E-state index contributed by atoms with van der Waals surface area (Å²) in [6, 6.07) is 3.97. The van der Waals surface area contributed by atoms with Crippen LogP contribution in [-0.4, -0.2) is 5.91 Å². The van der Waals surface area contributed by atoms with E-state index in [0.717, 1.165) is 11.3 Å². The van der Waals surface area contributed by atoms with Crippen LogP contribution < -0.4 is 26.8 Å². The second kappa shape index (κ2) is 7.32. The van der Waals surface area contributed by atoms with Crippen LogP contribution in [0.15, 0.2) is 32.2 Å². The zero-order valence-corrected chi connectivity index (χ0v) is 18.9. The van der Waals surface area contributed by atoms with Gasteiger partial charge in [-0.15, -0.1) is 0 Å². The van der Waals surface area contributed by atoms with Crippen molar-refractivity contribution in [2.24, 2.45) is 5.41 Å². The summed E-state index contributed by atoms with van der Waals surface area (Å²) in [6.45, 7) is 11.5. The summed E-state index contributed by atoms with van der Waals surface area (Å²) in [7, 11) is 0. The lowest BCUT2D eigenvalue weighted by Gasteiger charge is -2.31. The van der Waals surface area contributed by atoms with E-state index in [1.807, 2.05) is 40.7 Å². The van der Waals surface area contributed by atoms with Gasteiger partial charge in [0.2, 0.25) is 0 Å². The van der Waals surface area contributed by atoms with Crippen LogP contribution in [-0.2, 0) is 0 Å². The average molecular weight is 439 g/mol. The fourth-order valence-corrected chi connectivity index (χ4v) is 4.04. The molecule has 1 aromatic heterocycles. The molecule has 0 fully saturated rings. The molecule has 1 aliphatic rings. The smallest absolute Gasteiger partial charge is 0.254 e. The van der Waals surface area contributed by atoms with Crippen molar-refractivity contribution < 1.29 is 13.6 Å². The van der Waals surface area contributed by atoms with Gasteiger partial charge in [0.15, 0.2) is 0 Å². The van der Waals surface area contributed by atoms with Crippen molar-refractivity contribution in [1.29, 1.82) is 0 Å². The van der Waals surface area contributed by atoms with Gasteiger partial charge in [-0.05, 0) is 49.4 Å². The third kappa shape index (κ3) is 3.39. The van der Waals surface area contributed by atoms with Gasteiger partial charge in [-0.2, -0.15) is 0 Å². The number of rotatable bonds is 5. The van der Waals surface area contributed by atoms with Gasteiger partial charge in [-0.1, -0.05) is 26.8 Å². The third-order valence-electron chi connectivity index (χ3n) is 6.01. The molecule has 0 aliphatic carbocycles. The monoisotopic (exact) mass is 439 g/mol. The molecule has 2 atom stereocenters. The first-order valence-electron chi connectivity index (χ1n) is 10.5. The Morgan fingerprint density at radius 1 is 1.06 bits per heavy atom. The van der Waals surface area contributed by atoms with Gasteiger partial charge in [-0.3, -0.25) is 14.4 Å². The molecule has 0 spiro atoms. The zero-order valence-electron chi connectivity index (χ0n) is 18.9. The maximum atomic E-state index is 14.7. The summed E-state index contributed by atoms with van der Waals surface area (Å²) in [5.41, 5.74) is -0.236. The number of carbonyl (C=O) groups excluding carboxylic acids is 1. The highest BCUT2D eigenvalue weighted by Crippen LogP contribution is 2.40. The molecular weight excluding hydrogens is 413 g/mol. The Kier molecular flexibility index (Phi) is 4.99. The Hall–Kier alpha value is -3.42. The third-order valence-corrected chi connectivity index (χ3v) is 6.01. The van der Waals surface area contributed by atoms with E-state index in [2.05, 4.69) is 16.0 Å². The maximum absolute atomic E-state index is 14.7. The second-order valence-corrected chi connectivity index (χ2v) is 9.45. The molecular formula is C24H26FN3O4. The molecule has 0 radical (unpaired) electrons. The molecule has 1 amide bonds. The molecule has 3 N–H and O–H groups in total. The van der Waals surface area contributed by atoms with Crippen molar-refractivity contribution in [2.75, 3.05) is 10.6 Å². The molecule has 4 rings (SSSR count). The first-order chi connectivity index (χ1) is 14.9. The van der Waals surface area contributed by atoms with Crippen LogP contribution in [0, 0.1) is 25.1 Å². The normalized spacial score (nSPS) is 16.7. The van der Waals surface area contributed by atoms with Crippen molar-refractivity contribution in [3.8, 4) is 0 Å². The summed E-state index contributed by atoms with van der Waals surface area (Å²) in [6.07, 6.45) is 0. The van der Waals surface area contributed by atoms with Crippen molar-refractivity contribution in [2.45, 2.75) is 53.6 Å². The fraction of sp³-hybridized carbons (Fsp3) is 0.375. The number of halogens is 1. The van der Waals surface area contributed by atoms with Crippen molar-refractivity contribution in [3.63, 3.8) is 0 Å². The Bertz CT molecular complexity index is 1290. The van der Waals surface area contributed by atoms with E-state index < -0.39 is 28.6 Å². The lowest BCUT2D eigenvalue weighted by atomic mass is 9.84. The zero-order chi connectivity index (χ0) is 23.5. The Morgan fingerprint density at radius 3 is 2.31 bits per heavy atom. The maximum Gasteiger partial charge on any atom is 0.254 e. The molecule has 1 aliphatic heterocycles. The first kappa shape index (κ1) is 21.8. The molecule has 0 bridgehead atoms. The minimum Gasteiger partial charge on any atom is -0.464 e. The second-order valence-electron chi connectivity index (χ2n) is 9.45. The molecule has 8 heteroatoms. The minimum absolute atomic E-state index is 0.0464. The van der Waals surface area contributed by atoms with Gasteiger partial charge >= 0.3 is 0 Å². The van der Waals surface area contributed by atoms with Gasteiger partial charge in [0.1, 0.15) is 28.7 Å². The number of amides is 1. The number of benzene rings is 1. The van der Waals surface area contributed by atoms with Crippen LogP contribution in [0.4, 0.5) is 21.5 Å². The summed E-state index contributed by atoms with van der Waals surface area (Å²) >= 11 is 0. The lowest BCUT2D eigenvalue weighted by Crippen LogP contribution is -2.39. The highest BCUT2D eigenvalue weighted by atomic mass is 19.1. The van der Waals surface area contributed by atoms with Gasteiger partial charge in [0, 0.05) is 0 Å². The van der Waals surface area contributed by atoms with Gasteiger partial charge in [0.25, 0.3) is 16.8 Å². The highest BCUT2D eigenvalue weighted by molar-refractivity contribution is 6.05. The fourth-order valence-electron chi connectivity index (χ4n) is 4.04. The quantitative estimate of drug-likeness (QED) is 0.510. The predicted molar refractivity (Wildman–Crippen MR) is 121 cm³/mol. The van der Waals surface area contributed by atoms with E-state index in [1.54, 1.807) is 6.92 Å². The topological polar surface area (TPSA) is 100 Å². The lowest BCUT2D eigenvalue weighted by molar-refractivity contribution is 0.0959. The number of fused-ring (bicyclic) bond motifs is 1. The predicted octanol–water partition coefficient (Wildman–Crippen LogP) is 4.38. The minimum atomic E-state index is -0.768. The van der Waals surface area contributed by atoms with Crippen molar-refractivity contribution >= 4 is 23.0 Å². The molecule has 0 saturated carbocycles. The molecule has 32 heavy (non-hydrogen) atoms. The largest absolute Gasteiger partial charge is 0.464 e. The van der Waals surface area contributed by atoms with Crippen molar-refractivity contribution in [3.05, 3.63) is 72.7 Å². The number of anilines is 3. The highest BCUT2D eigenvalue weighted by Gasteiger charge is 2.35. The van der Waals surface area contributed by atoms with Crippen LogP contribution in [0.2, 0.25) is 0 Å². The van der Waals surface area contributed by atoms with Gasteiger partial charge in [0.05, 0.1) is 23.3 Å². The molecule has 3 aromatic rings. The molecule has 7 nitrogen and oxygen atoms in total. The SMILES string of the molecule is Cc1cc([C@H](Nc2c(Nc3c(F)ccc4c3C(=O)N[C@H]4C)c(=O)c2=O)C(C)(C)C)oc1C. The molecule has 0 unspecified atom stereocenters. The van der Waals surface area contributed by atoms with E-state index in [9.17, 15) is 18.8 Å². The summed E-state index contributed by atoms with van der Waals surface area (Å²) in [5.74, 6) is 0.279. The number of furan rings is 1. The summed E-state index contributed by atoms with van der Waals surface area (Å²) in [4.78, 5) is 37.2. The summed E-state index contributed by atoms with van der Waals surface area (Å²) < 4.78 is 20.6. The van der Waals surface area contributed by atoms with Gasteiger partial charge < -0.3 is 20.4 Å². The van der Waals surface area contributed by atoms with Crippen LogP contribution in [0.1, 0.15) is 72.8 Å². The number of nitrogens with one attached hydrogen (secondary N) is 3. The van der Waals surface area contributed by atoms with Crippen molar-refractivity contribution in [1.82, 2.24) is 5.32 Å². The molecule has 2 aromatic carbocycles. The molecule has 2 heterocycles. The van der Waals surface area contributed by atoms with E-state index in [0.29, 0.717) is 11.3 Å². The van der Waals surface area contributed by atoms with Crippen LogP contribution >= 0.6 is 0 Å². The van der Waals surface area contributed by atoms with Gasteiger partial charge in [-0.25, -0.2) is 4.39 Å². The first-order valence-corrected chi connectivity index (χ1v) is 10.5.